The number of phenolic OH excluding ortho intramolecular Hbond substituents is 1. The molecule has 0 spiro atoms. The van der Waals surface area contributed by atoms with Gasteiger partial charge in [-0.2, -0.15) is 18.2 Å². The van der Waals surface area contributed by atoms with E-state index in [0.717, 1.165) is 0 Å². The molecule has 3 aromatic carbocycles. The van der Waals surface area contributed by atoms with Crippen molar-refractivity contribution in [3.63, 3.8) is 0 Å². The summed E-state index contributed by atoms with van der Waals surface area (Å²) in [4.78, 5) is 39.6. The first kappa shape index (κ1) is 29.8. The number of ketones is 2. The van der Waals surface area contributed by atoms with Crippen LogP contribution in [0.25, 0.3) is 0 Å². The maximum absolute atomic E-state index is 13.5. The number of carbonyl (C=O) groups excluding carboxylic acids is 3. The molecule has 0 aliphatic carbocycles. The SMILES string of the molecule is COc1cc(O)c(C(=O)C(OC(=O)c2ccccc2)C(=O)c2cc[c-]cc2OC)c(OC)c1.[CH3-].[U+2]. The van der Waals surface area contributed by atoms with Crippen LogP contribution in [-0.2, 0) is 4.74 Å². The van der Waals surface area contributed by atoms with Crippen molar-refractivity contribution in [2.45, 2.75) is 6.10 Å². The quantitative estimate of drug-likeness (QED) is 0.155. The molecule has 9 heteroatoms. The molecule has 0 heterocycles. The molecule has 1 unspecified atom stereocenters. The Bertz CT molecular complexity index is 1180. The number of ether oxygens (including phenoxy) is 4. The Hall–Kier alpha value is -3.28. The van der Waals surface area contributed by atoms with E-state index in [1.165, 1.54) is 63.8 Å². The van der Waals surface area contributed by atoms with Gasteiger partial charge in [0, 0.05) is 17.9 Å². The van der Waals surface area contributed by atoms with Crippen molar-refractivity contribution in [3.05, 3.63) is 90.8 Å². The van der Waals surface area contributed by atoms with Crippen LogP contribution >= 0.6 is 0 Å². The summed E-state index contributed by atoms with van der Waals surface area (Å²) in [5, 5.41) is 10.5. The molecule has 0 amide bonds. The number of carbonyl (C=O) groups is 3. The van der Waals surface area contributed by atoms with Crippen molar-refractivity contribution >= 4 is 17.5 Å². The van der Waals surface area contributed by atoms with Crippen LogP contribution in [-0.4, -0.2) is 50.1 Å². The molecule has 35 heavy (non-hydrogen) atoms. The molecule has 0 aliphatic rings. The van der Waals surface area contributed by atoms with Gasteiger partial charge in [-0.05, 0) is 17.7 Å². The number of benzene rings is 3. The van der Waals surface area contributed by atoms with Crippen molar-refractivity contribution in [2.75, 3.05) is 21.3 Å². The van der Waals surface area contributed by atoms with Crippen LogP contribution in [0.1, 0.15) is 31.1 Å². The van der Waals surface area contributed by atoms with E-state index in [2.05, 4.69) is 6.07 Å². The first-order valence-corrected chi connectivity index (χ1v) is 9.74. The number of hydrogen-bond acceptors (Lipinski definition) is 8. The van der Waals surface area contributed by atoms with Gasteiger partial charge in [-0.15, -0.1) is 6.07 Å². The molecule has 0 aromatic heterocycles. The van der Waals surface area contributed by atoms with E-state index >= 15 is 0 Å². The predicted octanol–water partition coefficient (Wildman–Crippen LogP) is 3.96. The van der Waals surface area contributed by atoms with E-state index in [1.54, 1.807) is 18.2 Å². The van der Waals surface area contributed by atoms with E-state index in [0.29, 0.717) is 0 Å². The largest absolute Gasteiger partial charge is 2.00 e. The summed E-state index contributed by atoms with van der Waals surface area (Å²) >= 11 is 0. The van der Waals surface area contributed by atoms with Gasteiger partial charge in [-0.1, -0.05) is 18.2 Å². The summed E-state index contributed by atoms with van der Waals surface area (Å²) in [7, 11) is 4.02. The van der Waals surface area contributed by atoms with Crippen LogP contribution in [0.5, 0.6) is 23.0 Å². The molecule has 0 aliphatic heterocycles. The first-order chi connectivity index (χ1) is 15.9. The van der Waals surface area contributed by atoms with Gasteiger partial charge in [0.2, 0.25) is 11.9 Å². The molecular formula is C26H24O8U. The third kappa shape index (κ3) is 6.65. The number of phenols is 1. The monoisotopic (exact) mass is 702 g/mol. The third-order valence-electron chi connectivity index (χ3n) is 4.78. The van der Waals surface area contributed by atoms with Crippen LogP contribution in [0, 0.1) is 44.6 Å². The van der Waals surface area contributed by atoms with Crippen molar-refractivity contribution in [3.8, 4) is 23.0 Å². The smallest absolute Gasteiger partial charge is 0.553 e. The van der Waals surface area contributed by atoms with Gasteiger partial charge in [0.1, 0.15) is 22.8 Å². The Balaban J connectivity index is 0.00000306. The van der Waals surface area contributed by atoms with Crippen LogP contribution < -0.4 is 14.2 Å². The Morgan fingerprint density at radius 3 is 2.14 bits per heavy atom. The second-order valence-electron chi connectivity index (χ2n) is 6.73. The molecule has 8 nitrogen and oxygen atoms in total. The minimum absolute atomic E-state index is 0. The molecule has 1 atom stereocenters. The normalized spacial score (nSPS) is 10.6. The summed E-state index contributed by atoms with van der Waals surface area (Å²) < 4.78 is 20.9. The molecule has 0 saturated carbocycles. The van der Waals surface area contributed by atoms with E-state index in [-0.39, 0.29) is 72.5 Å². The van der Waals surface area contributed by atoms with Crippen LogP contribution in [0.15, 0.2) is 60.7 Å². The Morgan fingerprint density at radius 2 is 1.54 bits per heavy atom. The topological polar surface area (TPSA) is 108 Å². The van der Waals surface area contributed by atoms with Gasteiger partial charge in [0.05, 0.1) is 26.9 Å². The maximum atomic E-state index is 13.5. The fraction of sp³-hybridized carbons (Fsp3) is 0.154. The summed E-state index contributed by atoms with van der Waals surface area (Å²) in [5.41, 5.74) is -0.191. The van der Waals surface area contributed by atoms with Crippen LogP contribution in [0.2, 0.25) is 0 Å². The average molecular weight is 702 g/mol. The van der Waals surface area contributed by atoms with Gasteiger partial charge in [-0.25, -0.2) is 4.79 Å². The molecule has 3 aromatic rings. The molecule has 0 saturated heterocycles. The Labute approximate surface area is 227 Å². The van der Waals surface area contributed by atoms with E-state index in [9.17, 15) is 19.5 Å². The number of esters is 1. The van der Waals surface area contributed by atoms with Gasteiger partial charge in [0.15, 0.2) is 5.78 Å². The van der Waals surface area contributed by atoms with E-state index in [4.69, 9.17) is 18.9 Å². The molecule has 0 radical (unpaired) electrons. The van der Waals surface area contributed by atoms with Gasteiger partial charge in [-0.3, -0.25) is 9.59 Å². The van der Waals surface area contributed by atoms with Crippen molar-refractivity contribution in [2.24, 2.45) is 0 Å². The number of aromatic hydroxyl groups is 1. The van der Waals surface area contributed by atoms with Crippen molar-refractivity contribution < 1.29 is 69.6 Å². The van der Waals surface area contributed by atoms with Crippen molar-refractivity contribution in [1.82, 2.24) is 0 Å². The number of methoxy groups -OCH3 is 3. The zero-order chi connectivity index (χ0) is 24.0. The van der Waals surface area contributed by atoms with Crippen molar-refractivity contribution in [1.29, 1.82) is 0 Å². The summed E-state index contributed by atoms with van der Waals surface area (Å²) in [5.74, 6) is -2.90. The minimum Gasteiger partial charge on any atom is -0.553 e. The average Bonchev–Trinajstić information content (AvgIpc) is 2.86. The Kier molecular flexibility index (Phi) is 11.5. The summed E-state index contributed by atoms with van der Waals surface area (Å²) in [6.45, 7) is 0. The maximum Gasteiger partial charge on any atom is 2.00 e. The fourth-order valence-electron chi connectivity index (χ4n) is 3.14. The summed E-state index contributed by atoms with van der Waals surface area (Å²) in [6.07, 6.45) is -1.93. The zero-order valence-electron chi connectivity index (χ0n) is 19.7. The van der Waals surface area contributed by atoms with Crippen LogP contribution in [0.4, 0.5) is 0 Å². The number of Topliss-reactive ketones (excluding diaryl/α,β-unsaturated/α-hetero) is 2. The van der Waals surface area contributed by atoms with Gasteiger partial charge >= 0.3 is 37.1 Å². The molecule has 1 N–H and O–H groups in total. The third-order valence-corrected chi connectivity index (χ3v) is 4.78. The predicted molar refractivity (Wildman–Crippen MR) is 124 cm³/mol. The van der Waals surface area contributed by atoms with E-state index < -0.39 is 29.4 Å². The van der Waals surface area contributed by atoms with Crippen LogP contribution in [0.3, 0.4) is 0 Å². The Morgan fingerprint density at radius 1 is 0.886 bits per heavy atom. The molecule has 3 rings (SSSR count). The molecule has 0 bridgehead atoms. The van der Waals surface area contributed by atoms with E-state index in [1.807, 2.05) is 0 Å². The molecule has 0 fully saturated rings. The zero-order valence-corrected chi connectivity index (χ0v) is 23.8. The minimum atomic E-state index is -1.93. The van der Waals surface area contributed by atoms with Gasteiger partial charge in [0.25, 0.3) is 0 Å². The first-order valence-electron chi connectivity index (χ1n) is 9.74. The second-order valence-corrected chi connectivity index (χ2v) is 6.73. The van der Waals surface area contributed by atoms with Gasteiger partial charge < -0.3 is 31.5 Å². The fourth-order valence-corrected chi connectivity index (χ4v) is 3.14. The second kappa shape index (κ2) is 13.6. The molecule has 180 valence electrons. The summed E-state index contributed by atoms with van der Waals surface area (Å²) in [6, 6.07) is 17.5. The number of rotatable bonds is 9. The standard InChI is InChI=1S/C25H21O8.CH3.U/c1-30-16-13-18(26)21(20(14-16)32-3)23(28)24(33-25(29)15-9-5-4-6-10-15)22(27)17-11-7-8-12-19(17)31-2;;/h4-7,9-14,24,26H,1-3H3;1H3;/q2*-1;+2. The number of hydrogen-bond donors (Lipinski definition) is 1. The molecular weight excluding hydrogens is 678 g/mol.